The van der Waals surface area contributed by atoms with E-state index in [-0.39, 0.29) is 18.0 Å². The van der Waals surface area contributed by atoms with Gasteiger partial charge in [-0.25, -0.2) is 4.98 Å². The van der Waals surface area contributed by atoms with Gasteiger partial charge >= 0.3 is 5.97 Å². The van der Waals surface area contributed by atoms with Gasteiger partial charge in [-0.2, -0.15) is 10.1 Å². The zero-order valence-corrected chi connectivity index (χ0v) is 28.2. The van der Waals surface area contributed by atoms with Crippen molar-refractivity contribution in [2.24, 2.45) is 24.8 Å². The van der Waals surface area contributed by atoms with Gasteiger partial charge in [0.25, 0.3) is 0 Å². The van der Waals surface area contributed by atoms with Gasteiger partial charge in [-0.1, -0.05) is 44.2 Å². The Morgan fingerprint density at radius 1 is 1.11 bits per heavy atom. The summed E-state index contributed by atoms with van der Waals surface area (Å²) >= 11 is 0. The smallest absolute Gasteiger partial charge is 0.306 e. The Morgan fingerprint density at radius 2 is 1.89 bits per heavy atom. The van der Waals surface area contributed by atoms with E-state index >= 15 is 0 Å². The van der Waals surface area contributed by atoms with Crippen LogP contribution in [-0.4, -0.2) is 68.4 Å². The van der Waals surface area contributed by atoms with Crippen LogP contribution in [0.4, 0.5) is 11.8 Å². The number of anilines is 2. The fourth-order valence-electron chi connectivity index (χ4n) is 8.44. The third-order valence-corrected chi connectivity index (χ3v) is 11.0. The number of aryl methyl sites for hydroxylation is 2. The number of carbonyl (C=O) groups is 1. The lowest BCUT2D eigenvalue weighted by Gasteiger charge is -2.38. The van der Waals surface area contributed by atoms with Crippen LogP contribution in [0.15, 0.2) is 42.7 Å². The Morgan fingerprint density at radius 3 is 2.57 bits per heavy atom. The van der Waals surface area contributed by atoms with Gasteiger partial charge in [-0.15, -0.1) is 0 Å². The van der Waals surface area contributed by atoms with Crippen molar-refractivity contribution in [2.75, 3.05) is 36.9 Å². The van der Waals surface area contributed by atoms with Crippen molar-refractivity contribution in [3.63, 3.8) is 0 Å². The van der Waals surface area contributed by atoms with E-state index in [0.717, 1.165) is 88.5 Å². The summed E-state index contributed by atoms with van der Waals surface area (Å²) in [6.45, 7) is 7.75. The van der Waals surface area contributed by atoms with Gasteiger partial charge in [-0.05, 0) is 94.1 Å². The Labute approximate surface area is 274 Å². The van der Waals surface area contributed by atoms with Gasteiger partial charge in [0.15, 0.2) is 0 Å². The second-order valence-corrected chi connectivity index (χ2v) is 14.3. The van der Waals surface area contributed by atoms with Crippen molar-refractivity contribution in [3.05, 3.63) is 65.1 Å². The van der Waals surface area contributed by atoms with Crippen LogP contribution >= 0.6 is 0 Å². The second kappa shape index (κ2) is 14.5. The molecule has 2 aliphatic carbocycles. The summed E-state index contributed by atoms with van der Waals surface area (Å²) < 4.78 is 1.90. The number of nitrogens with one attached hydrogen (secondary N) is 1. The fraction of sp³-hybridized carbons (Fsp3) is 0.622. The lowest BCUT2D eigenvalue weighted by molar-refractivity contribution is -0.143. The molecule has 9 heteroatoms. The van der Waals surface area contributed by atoms with Gasteiger partial charge in [0.2, 0.25) is 5.95 Å². The summed E-state index contributed by atoms with van der Waals surface area (Å²) in [6.07, 6.45) is 14.0. The molecule has 248 valence electrons. The molecule has 2 fully saturated rings. The minimum absolute atomic E-state index is 0.0570. The number of benzene rings is 1. The maximum Gasteiger partial charge on any atom is 0.306 e. The van der Waals surface area contributed by atoms with E-state index in [9.17, 15) is 9.90 Å². The van der Waals surface area contributed by atoms with Crippen molar-refractivity contribution in [3.8, 4) is 0 Å². The Hall–Kier alpha value is -3.46. The summed E-state index contributed by atoms with van der Waals surface area (Å²) in [5.74, 6) is 2.46. The number of hydrogen-bond donors (Lipinski definition) is 2. The summed E-state index contributed by atoms with van der Waals surface area (Å²) in [7, 11) is 4.13. The molecular weight excluding hydrogens is 574 g/mol. The minimum Gasteiger partial charge on any atom is -0.481 e. The lowest BCUT2D eigenvalue weighted by Crippen LogP contribution is -2.41. The van der Waals surface area contributed by atoms with E-state index < -0.39 is 5.97 Å². The number of rotatable bonds is 11. The van der Waals surface area contributed by atoms with E-state index in [1.807, 2.05) is 17.9 Å². The third-order valence-electron chi connectivity index (χ3n) is 11.0. The van der Waals surface area contributed by atoms with E-state index in [4.69, 9.17) is 9.97 Å². The van der Waals surface area contributed by atoms with Crippen LogP contribution in [0.3, 0.4) is 0 Å². The zero-order chi connectivity index (χ0) is 32.2. The van der Waals surface area contributed by atoms with Crippen LogP contribution < -0.4 is 10.2 Å². The van der Waals surface area contributed by atoms with E-state index in [0.29, 0.717) is 17.8 Å². The molecule has 4 atom stereocenters. The quantitative estimate of drug-likeness (QED) is 0.250. The highest BCUT2D eigenvalue weighted by Crippen LogP contribution is 2.39. The molecule has 0 radical (unpaired) electrons. The van der Waals surface area contributed by atoms with Crippen LogP contribution in [0.1, 0.15) is 99.6 Å². The number of nitrogens with zero attached hydrogens (tertiary/aromatic N) is 6. The van der Waals surface area contributed by atoms with Crippen LogP contribution in [-0.2, 0) is 24.7 Å². The first kappa shape index (κ1) is 32.5. The summed E-state index contributed by atoms with van der Waals surface area (Å²) in [6, 6.07) is 11.2. The number of carboxylic acid groups (broad SMARTS) is 1. The highest BCUT2D eigenvalue weighted by Gasteiger charge is 2.34. The third kappa shape index (κ3) is 7.40. The summed E-state index contributed by atoms with van der Waals surface area (Å²) in [5.41, 5.74) is 4.97. The number of fused-ring (bicyclic) bond motifs is 1. The minimum atomic E-state index is -0.649. The molecule has 2 aromatic heterocycles. The van der Waals surface area contributed by atoms with Gasteiger partial charge in [0, 0.05) is 50.6 Å². The first-order chi connectivity index (χ1) is 22.3. The first-order valence-corrected chi connectivity index (χ1v) is 17.7. The average molecular weight is 628 g/mol. The molecule has 0 unspecified atom stereocenters. The highest BCUT2D eigenvalue weighted by atomic mass is 16.4. The number of piperidine rings is 1. The number of carboxylic acids is 1. The fourth-order valence-corrected chi connectivity index (χ4v) is 8.44. The normalized spacial score (nSPS) is 25.0. The van der Waals surface area contributed by atoms with E-state index in [1.54, 1.807) is 0 Å². The van der Waals surface area contributed by atoms with Crippen molar-refractivity contribution < 1.29 is 9.90 Å². The maximum atomic E-state index is 11.6. The SMILES string of the molecule is CC[C@H](C1CCC(C(=O)O)CC1)N(C)c1nc2c(c(N[C@@H](CN3CCC[C@H](C)C3)c3cnn(C)c3)n1)C[C@H](c1ccccc1)CC2. The molecule has 6 rings (SSSR count). The van der Waals surface area contributed by atoms with E-state index in [1.165, 1.54) is 29.5 Å². The second-order valence-electron chi connectivity index (χ2n) is 14.3. The molecule has 2 N–H and O–H groups in total. The molecule has 0 bridgehead atoms. The standard InChI is InChI=1S/C37H53N7O2/c1-5-34(27-13-15-28(16-14-27)36(45)46)43(4)37-40-32-18-17-29(26-11-7-6-8-12-26)20-31(32)35(41-37)39-33(30-21-38-42(3)23-30)24-44-19-9-10-25(2)22-44/h6-8,11-12,21,23,25,27-29,33-34H,5,9-10,13-20,22,24H2,1-4H3,(H,45,46)(H,39,40,41)/t25-,27?,28?,29+,33-,34+/m0/s1. The molecule has 1 aliphatic heterocycles. The first-order valence-electron chi connectivity index (χ1n) is 17.7. The highest BCUT2D eigenvalue weighted by molar-refractivity contribution is 5.70. The van der Waals surface area contributed by atoms with Gasteiger partial charge < -0.3 is 20.2 Å². The van der Waals surface area contributed by atoms with Crippen molar-refractivity contribution in [1.29, 1.82) is 0 Å². The monoisotopic (exact) mass is 627 g/mol. The maximum absolute atomic E-state index is 11.6. The Bertz CT molecular complexity index is 1450. The molecule has 1 saturated heterocycles. The zero-order valence-electron chi connectivity index (χ0n) is 28.2. The number of likely N-dealkylation sites (tertiary alicyclic amines) is 1. The molecule has 1 saturated carbocycles. The number of aromatic nitrogens is 4. The molecule has 0 spiro atoms. The van der Waals surface area contributed by atoms with Crippen LogP contribution in [0, 0.1) is 17.8 Å². The molecule has 9 nitrogen and oxygen atoms in total. The van der Waals surface area contributed by atoms with Crippen LogP contribution in [0.5, 0.6) is 0 Å². The van der Waals surface area contributed by atoms with Crippen LogP contribution in [0.25, 0.3) is 0 Å². The van der Waals surface area contributed by atoms with Gasteiger partial charge in [0.05, 0.1) is 23.9 Å². The predicted molar refractivity (Wildman–Crippen MR) is 183 cm³/mol. The molecular formula is C37H53N7O2. The molecule has 3 aromatic rings. The number of aliphatic carboxylic acids is 1. The lowest BCUT2D eigenvalue weighted by atomic mass is 9.77. The predicted octanol–water partition coefficient (Wildman–Crippen LogP) is 6.47. The van der Waals surface area contributed by atoms with Crippen molar-refractivity contribution in [1.82, 2.24) is 24.6 Å². The van der Waals surface area contributed by atoms with E-state index in [2.05, 4.69) is 77.6 Å². The molecule has 46 heavy (non-hydrogen) atoms. The van der Waals surface area contributed by atoms with Crippen LogP contribution in [0.2, 0.25) is 0 Å². The molecule has 3 aliphatic rings. The topological polar surface area (TPSA) is 99.4 Å². The molecule has 1 aromatic carbocycles. The van der Waals surface area contributed by atoms with Gasteiger partial charge in [-0.3, -0.25) is 9.48 Å². The largest absolute Gasteiger partial charge is 0.481 e. The average Bonchev–Trinajstić information content (AvgIpc) is 3.51. The van der Waals surface area contributed by atoms with Gasteiger partial charge in [0.1, 0.15) is 5.82 Å². The summed E-state index contributed by atoms with van der Waals surface area (Å²) in [4.78, 5) is 27.2. The Kier molecular flexibility index (Phi) is 10.3. The van der Waals surface area contributed by atoms with Crippen molar-refractivity contribution in [2.45, 2.75) is 96.1 Å². The molecule has 3 heterocycles. The number of hydrogen-bond acceptors (Lipinski definition) is 7. The Balaban J connectivity index is 1.33. The summed E-state index contributed by atoms with van der Waals surface area (Å²) in [5, 5.41) is 18.1. The van der Waals surface area contributed by atoms with Crippen molar-refractivity contribution >= 4 is 17.7 Å². The molecule has 0 amide bonds.